The van der Waals surface area contributed by atoms with Gasteiger partial charge in [-0.25, -0.2) is 0 Å². The molecule has 150 valence electrons. The molecule has 3 aliphatic rings. The van der Waals surface area contributed by atoms with Gasteiger partial charge in [0, 0.05) is 64.2 Å². The number of fused-ring (bicyclic) bond motifs is 1. The quantitative estimate of drug-likeness (QED) is 0.747. The van der Waals surface area contributed by atoms with Gasteiger partial charge in [0.15, 0.2) is 11.5 Å². The molecule has 3 fully saturated rings. The molecular formula is C19H28N8O. The highest BCUT2D eigenvalue weighted by molar-refractivity contribution is 5.76. The monoisotopic (exact) mass is 384 g/mol. The molecule has 1 amide bonds. The Labute approximate surface area is 164 Å². The molecule has 5 rings (SSSR count). The number of anilines is 1. The van der Waals surface area contributed by atoms with Crippen molar-refractivity contribution in [3.63, 3.8) is 0 Å². The Balaban J connectivity index is 1.14. The van der Waals surface area contributed by atoms with Gasteiger partial charge in [0.1, 0.15) is 5.82 Å². The minimum atomic E-state index is 0.174. The SMILES string of the molecule is CN(CCN1CCNC(=O)CC1)C1CN(c2ccc3nnc(C4CC4)n3n2)C1. The van der Waals surface area contributed by atoms with Crippen LogP contribution in [0.3, 0.4) is 0 Å². The summed E-state index contributed by atoms with van der Waals surface area (Å²) in [5.74, 6) is 2.73. The Bertz CT molecular complexity index is 857. The number of aromatic nitrogens is 4. The molecule has 0 atom stereocenters. The van der Waals surface area contributed by atoms with Crippen molar-refractivity contribution in [2.75, 3.05) is 57.8 Å². The Morgan fingerprint density at radius 2 is 2.07 bits per heavy atom. The van der Waals surface area contributed by atoms with E-state index in [0.29, 0.717) is 18.4 Å². The first kappa shape index (κ1) is 17.8. The topological polar surface area (TPSA) is 81.9 Å². The van der Waals surface area contributed by atoms with E-state index in [1.165, 1.54) is 12.8 Å². The summed E-state index contributed by atoms with van der Waals surface area (Å²) >= 11 is 0. The van der Waals surface area contributed by atoms with Crippen LogP contribution in [0.5, 0.6) is 0 Å². The summed E-state index contributed by atoms with van der Waals surface area (Å²) in [6, 6.07) is 4.62. The van der Waals surface area contributed by atoms with E-state index in [1.807, 2.05) is 10.6 Å². The zero-order valence-corrected chi connectivity index (χ0v) is 16.4. The number of hydrogen-bond acceptors (Lipinski definition) is 7. The van der Waals surface area contributed by atoms with Crippen LogP contribution in [0.25, 0.3) is 5.65 Å². The van der Waals surface area contributed by atoms with Crippen molar-refractivity contribution in [2.24, 2.45) is 0 Å². The van der Waals surface area contributed by atoms with Crippen LogP contribution in [-0.4, -0.2) is 94.4 Å². The highest BCUT2D eigenvalue weighted by Gasteiger charge is 2.33. The van der Waals surface area contributed by atoms with Crippen molar-refractivity contribution in [3.8, 4) is 0 Å². The van der Waals surface area contributed by atoms with Crippen LogP contribution in [0.1, 0.15) is 31.0 Å². The van der Waals surface area contributed by atoms with Crippen LogP contribution in [0.2, 0.25) is 0 Å². The lowest BCUT2D eigenvalue weighted by Crippen LogP contribution is -2.59. The maximum Gasteiger partial charge on any atom is 0.221 e. The predicted molar refractivity (Wildman–Crippen MR) is 105 cm³/mol. The van der Waals surface area contributed by atoms with Crippen LogP contribution in [0, 0.1) is 0 Å². The molecule has 0 aromatic carbocycles. The number of likely N-dealkylation sites (N-methyl/N-ethyl adjacent to an activating group) is 1. The lowest BCUT2D eigenvalue weighted by molar-refractivity contribution is -0.120. The third kappa shape index (κ3) is 3.56. The molecule has 1 saturated carbocycles. The van der Waals surface area contributed by atoms with E-state index >= 15 is 0 Å². The number of carbonyl (C=O) groups is 1. The van der Waals surface area contributed by atoms with Crippen molar-refractivity contribution in [1.82, 2.24) is 34.9 Å². The smallest absolute Gasteiger partial charge is 0.221 e. The zero-order valence-electron chi connectivity index (χ0n) is 16.4. The van der Waals surface area contributed by atoms with Crippen molar-refractivity contribution in [1.29, 1.82) is 0 Å². The largest absolute Gasteiger partial charge is 0.355 e. The number of carbonyl (C=O) groups excluding carboxylic acids is 1. The van der Waals surface area contributed by atoms with E-state index in [-0.39, 0.29) is 5.91 Å². The van der Waals surface area contributed by atoms with Gasteiger partial charge in [-0.05, 0) is 32.0 Å². The second-order valence-electron chi connectivity index (χ2n) is 8.28. The predicted octanol–water partition coefficient (Wildman–Crippen LogP) is -0.0560. The van der Waals surface area contributed by atoms with Crippen molar-refractivity contribution in [3.05, 3.63) is 18.0 Å². The average molecular weight is 384 g/mol. The van der Waals surface area contributed by atoms with Gasteiger partial charge in [-0.2, -0.15) is 4.52 Å². The summed E-state index contributed by atoms with van der Waals surface area (Å²) < 4.78 is 1.93. The third-order valence-corrected chi connectivity index (χ3v) is 6.20. The standard InChI is InChI=1S/C19H28N8O/c1-24(10-11-25-8-6-18(28)20-7-9-25)15-12-26(13-15)17-5-4-16-21-22-19(14-2-3-14)27(16)23-17/h4-5,14-15H,2-3,6-13H2,1H3,(H,20,28). The number of hydrogen-bond donors (Lipinski definition) is 1. The highest BCUT2D eigenvalue weighted by atomic mass is 16.1. The molecule has 9 heteroatoms. The summed E-state index contributed by atoms with van der Waals surface area (Å²) in [5.41, 5.74) is 0.838. The number of rotatable bonds is 6. The molecule has 0 bridgehead atoms. The second kappa shape index (κ2) is 7.29. The molecule has 4 heterocycles. The zero-order chi connectivity index (χ0) is 19.1. The first-order valence-electron chi connectivity index (χ1n) is 10.3. The van der Waals surface area contributed by atoms with Gasteiger partial charge in [0.05, 0.1) is 0 Å². The first-order valence-corrected chi connectivity index (χ1v) is 10.3. The fourth-order valence-corrected chi connectivity index (χ4v) is 4.00. The minimum absolute atomic E-state index is 0.174. The van der Waals surface area contributed by atoms with Crippen LogP contribution in [-0.2, 0) is 4.79 Å². The molecule has 2 saturated heterocycles. The number of nitrogens with one attached hydrogen (secondary N) is 1. The fourth-order valence-electron chi connectivity index (χ4n) is 4.00. The molecule has 1 aliphatic carbocycles. The maximum absolute atomic E-state index is 11.5. The van der Waals surface area contributed by atoms with Crippen molar-refractivity contribution >= 4 is 17.4 Å². The van der Waals surface area contributed by atoms with E-state index in [9.17, 15) is 4.79 Å². The van der Waals surface area contributed by atoms with E-state index in [0.717, 1.165) is 63.1 Å². The minimum Gasteiger partial charge on any atom is -0.355 e. The fraction of sp³-hybridized carbons (Fsp3) is 0.684. The van der Waals surface area contributed by atoms with Gasteiger partial charge in [-0.3, -0.25) is 14.6 Å². The number of nitrogens with zero attached hydrogens (tertiary/aromatic N) is 7. The summed E-state index contributed by atoms with van der Waals surface area (Å²) in [5, 5.41) is 16.3. The molecule has 0 radical (unpaired) electrons. The first-order chi connectivity index (χ1) is 13.7. The van der Waals surface area contributed by atoms with E-state index in [2.05, 4.69) is 43.3 Å². The third-order valence-electron chi connectivity index (χ3n) is 6.20. The van der Waals surface area contributed by atoms with Gasteiger partial charge in [-0.15, -0.1) is 15.3 Å². The Morgan fingerprint density at radius 1 is 1.21 bits per heavy atom. The molecule has 1 N–H and O–H groups in total. The summed E-state index contributed by atoms with van der Waals surface area (Å²) in [4.78, 5) is 18.6. The number of amides is 1. The average Bonchev–Trinajstić information content (AvgIpc) is 3.44. The molecular weight excluding hydrogens is 356 g/mol. The highest BCUT2D eigenvalue weighted by Crippen LogP contribution is 2.38. The Morgan fingerprint density at radius 3 is 2.89 bits per heavy atom. The van der Waals surface area contributed by atoms with Gasteiger partial charge >= 0.3 is 0 Å². The molecule has 2 aliphatic heterocycles. The van der Waals surface area contributed by atoms with E-state index < -0.39 is 0 Å². The molecule has 0 unspecified atom stereocenters. The summed E-state index contributed by atoms with van der Waals surface area (Å²) in [6.07, 6.45) is 3.01. The molecule has 2 aromatic heterocycles. The van der Waals surface area contributed by atoms with Gasteiger partial charge in [0.25, 0.3) is 0 Å². The molecule has 9 nitrogen and oxygen atoms in total. The van der Waals surface area contributed by atoms with Gasteiger partial charge < -0.3 is 10.2 Å². The summed E-state index contributed by atoms with van der Waals surface area (Å²) in [6.45, 7) is 6.60. The van der Waals surface area contributed by atoms with E-state index in [4.69, 9.17) is 5.10 Å². The Kier molecular flexibility index (Phi) is 4.64. The normalized spacial score (nSPS) is 21.8. The van der Waals surface area contributed by atoms with Gasteiger partial charge in [0.2, 0.25) is 5.91 Å². The summed E-state index contributed by atoms with van der Waals surface area (Å²) in [7, 11) is 2.20. The molecule has 2 aromatic rings. The molecule has 0 spiro atoms. The van der Waals surface area contributed by atoms with Crippen molar-refractivity contribution < 1.29 is 4.79 Å². The van der Waals surface area contributed by atoms with Gasteiger partial charge in [-0.1, -0.05) is 0 Å². The molecule has 28 heavy (non-hydrogen) atoms. The van der Waals surface area contributed by atoms with Crippen LogP contribution in [0.4, 0.5) is 5.82 Å². The van der Waals surface area contributed by atoms with Crippen LogP contribution < -0.4 is 10.2 Å². The van der Waals surface area contributed by atoms with Crippen molar-refractivity contribution in [2.45, 2.75) is 31.2 Å². The second-order valence-corrected chi connectivity index (χ2v) is 8.28. The lowest BCUT2D eigenvalue weighted by Gasteiger charge is -2.45. The lowest BCUT2D eigenvalue weighted by atomic mass is 10.1. The van der Waals surface area contributed by atoms with E-state index in [1.54, 1.807) is 0 Å². The maximum atomic E-state index is 11.5. The van der Waals surface area contributed by atoms with Crippen LogP contribution >= 0.6 is 0 Å². The Hall–Kier alpha value is -2.26. The van der Waals surface area contributed by atoms with Crippen LogP contribution in [0.15, 0.2) is 12.1 Å².